The minimum Gasteiger partial charge on any atom is -0.746 e. The quantitative estimate of drug-likeness (QED) is 0.311. The van der Waals surface area contributed by atoms with Gasteiger partial charge in [0.15, 0.2) is 0 Å². The van der Waals surface area contributed by atoms with Crippen LogP contribution in [0.4, 0.5) is 0 Å². The second-order valence-electron chi connectivity index (χ2n) is 5.81. The Morgan fingerprint density at radius 2 is 1.45 bits per heavy atom. The molecule has 0 saturated carbocycles. The minimum atomic E-state index is -4.45. The molecule has 0 saturated heterocycles. The average Bonchev–Trinajstić information content (AvgIpc) is 2.40. The Kier molecular flexibility index (Phi) is 15.4. The van der Waals surface area contributed by atoms with Crippen molar-refractivity contribution in [2.45, 2.75) is 83.9 Å². The molecule has 0 spiro atoms. The molecular formula is C15H30NNaO4S. The van der Waals surface area contributed by atoms with Gasteiger partial charge in [-0.2, -0.15) is 0 Å². The Labute approximate surface area is 158 Å². The predicted octanol–water partition coefficient (Wildman–Crippen LogP) is 0.165. The Bertz CT molecular complexity index is 387. The molecule has 0 aromatic heterocycles. The Balaban J connectivity index is 0. The van der Waals surface area contributed by atoms with E-state index in [0.29, 0.717) is 0 Å². The normalized spacial score (nSPS) is 14.0. The maximum absolute atomic E-state index is 11.7. The van der Waals surface area contributed by atoms with Gasteiger partial charge in [0.05, 0.1) is 0 Å². The summed E-state index contributed by atoms with van der Waals surface area (Å²) in [6, 6.07) is 0. The van der Waals surface area contributed by atoms with Gasteiger partial charge in [0.25, 0.3) is 0 Å². The predicted molar refractivity (Wildman–Crippen MR) is 83.7 cm³/mol. The molecule has 126 valence electrons. The zero-order valence-corrected chi connectivity index (χ0v) is 17.4. The molecule has 0 aliphatic heterocycles. The summed E-state index contributed by atoms with van der Waals surface area (Å²) in [5, 5.41) is 0.900. The number of carbonyl (C=O) groups excluding carboxylic acids is 1. The van der Waals surface area contributed by atoms with Crippen LogP contribution in [0.25, 0.3) is 0 Å². The second-order valence-corrected chi connectivity index (χ2v) is 7.50. The van der Waals surface area contributed by atoms with Crippen molar-refractivity contribution >= 4 is 16.0 Å². The zero-order chi connectivity index (χ0) is 16.3. The van der Waals surface area contributed by atoms with Gasteiger partial charge in [-0.15, -0.1) is 0 Å². The SMILES string of the molecule is CCCCCCCCCCC(C)C(=O)NC(C)S(=O)(=O)[O-].[Na+]. The molecule has 1 amide bonds. The van der Waals surface area contributed by atoms with Gasteiger partial charge in [-0.1, -0.05) is 65.2 Å². The molecule has 0 heterocycles. The summed E-state index contributed by atoms with van der Waals surface area (Å²) >= 11 is 0. The third-order valence-corrected chi connectivity index (χ3v) is 4.70. The number of unbranched alkanes of at least 4 members (excludes halogenated alkanes) is 7. The van der Waals surface area contributed by atoms with E-state index in [4.69, 9.17) is 0 Å². The van der Waals surface area contributed by atoms with E-state index < -0.39 is 15.5 Å². The van der Waals surface area contributed by atoms with Crippen molar-refractivity contribution in [1.29, 1.82) is 0 Å². The molecule has 0 bridgehead atoms. The first-order valence-corrected chi connectivity index (χ1v) is 9.51. The fourth-order valence-electron chi connectivity index (χ4n) is 2.13. The summed E-state index contributed by atoms with van der Waals surface area (Å²) < 4.78 is 32.2. The molecule has 0 aliphatic rings. The van der Waals surface area contributed by atoms with Gasteiger partial charge < -0.3 is 9.87 Å². The summed E-state index contributed by atoms with van der Waals surface area (Å²) in [5.41, 5.74) is 0. The molecule has 1 N–H and O–H groups in total. The topological polar surface area (TPSA) is 86.3 Å². The van der Waals surface area contributed by atoms with Crippen LogP contribution in [-0.4, -0.2) is 24.3 Å². The number of hydrogen-bond acceptors (Lipinski definition) is 4. The molecule has 0 aromatic carbocycles. The molecule has 5 nitrogen and oxygen atoms in total. The van der Waals surface area contributed by atoms with Crippen LogP contribution in [0.3, 0.4) is 0 Å². The number of nitrogens with one attached hydrogen (secondary N) is 1. The molecule has 0 fully saturated rings. The smallest absolute Gasteiger partial charge is 0.746 e. The van der Waals surface area contributed by atoms with E-state index in [-0.39, 0.29) is 41.4 Å². The Morgan fingerprint density at radius 1 is 1.00 bits per heavy atom. The molecule has 2 atom stereocenters. The fourth-order valence-corrected chi connectivity index (χ4v) is 2.39. The van der Waals surface area contributed by atoms with Crippen molar-refractivity contribution in [1.82, 2.24) is 5.32 Å². The molecule has 2 unspecified atom stereocenters. The zero-order valence-electron chi connectivity index (χ0n) is 14.6. The van der Waals surface area contributed by atoms with Crippen molar-refractivity contribution in [3.63, 3.8) is 0 Å². The molecular weight excluding hydrogens is 313 g/mol. The van der Waals surface area contributed by atoms with Gasteiger partial charge in [-0.05, 0) is 13.3 Å². The van der Waals surface area contributed by atoms with Crippen LogP contribution in [0, 0.1) is 5.92 Å². The number of amides is 1. The number of rotatable bonds is 12. The minimum absolute atomic E-state index is 0. The molecule has 7 heteroatoms. The van der Waals surface area contributed by atoms with E-state index in [1.807, 2.05) is 0 Å². The van der Waals surface area contributed by atoms with E-state index in [2.05, 4.69) is 12.2 Å². The second kappa shape index (κ2) is 13.8. The van der Waals surface area contributed by atoms with Crippen LogP contribution in [-0.2, 0) is 14.9 Å². The van der Waals surface area contributed by atoms with Gasteiger partial charge in [-0.25, -0.2) is 8.42 Å². The van der Waals surface area contributed by atoms with E-state index in [0.717, 1.165) is 19.3 Å². The first kappa shape index (κ1) is 24.6. The van der Waals surface area contributed by atoms with Crippen LogP contribution in [0.15, 0.2) is 0 Å². The summed E-state index contributed by atoms with van der Waals surface area (Å²) in [7, 11) is -4.45. The summed E-state index contributed by atoms with van der Waals surface area (Å²) in [4.78, 5) is 11.7. The van der Waals surface area contributed by atoms with Crippen LogP contribution >= 0.6 is 0 Å². The van der Waals surface area contributed by atoms with E-state index >= 15 is 0 Å². The number of carbonyl (C=O) groups is 1. The van der Waals surface area contributed by atoms with E-state index in [1.54, 1.807) is 6.92 Å². The number of hydrogen-bond donors (Lipinski definition) is 1. The largest absolute Gasteiger partial charge is 1.00 e. The Morgan fingerprint density at radius 3 is 1.91 bits per heavy atom. The van der Waals surface area contributed by atoms with Crippen molar-refractivity contribution in [2.24, 2.45) is 5.92 Å². The van der Waals surface area contributed by atoms with Crippen LogP contribution in [0.5, 0.6) is 0 Å². The van der Waals surface area contributed by atoms with Crippen LogP contribution < -0.4 is 34.9 Å². The molecule has 22 heavy (non-hydrogen) atoms. The van der Waals surface area contributed by atoms with Gasteiger partial charge in [0.1, 0.15) is 15.5 Å². The maximum atomic E-state index is 11.7. The third-order valence-electron chi connectivity index (χ3n) is 3.72. The summed E-state index contributed by atoms with van der Waals surface area (Å²) in [6.07, 6.45) is 10.4. The van der Waals surface area contributed by atoms with Crippen molar-refractivity contribution in [3.8, 4) is 0 Å². The fraction of sp³-hybridized carbons (Fsp3) is 0.933. The molecule has 0 aliphatic carbocycles. The van der Waals surface area contributed by atoms with E-state index in [1.165, 1.54) is 45.4 Å². The summed E-state index contributed by atoms with van der Waals surface area (Å²) in [5.74, 6) is -0.612. The van der Waals surface area contributed by atoms with Crippen molar-refractivity contribution < 1.29 is 47.3 Å². The van der Waals surface area contributed by atoms with Crippen molar-refractivity contribution in [3.05, 3.63) is 0 Å². The molecule has 0 rings (SSSR count). The van der Waals surface area contributed by atoms with Crippen molar-refractivity contribution in [2.75, 3.05) is 0 Å². The van der Waals surface area contributed by atoms with E-state index in [9.17, 15) is 17.8 Å². The standard InChI is InChI=1S/C15H31NO4S.Na/c1-4-5-6-7-8-9-10-11-12-13(2)15(17)16-14(3)21(18,19)20;/h13-14H,4-12H2,1-3H3,(H,16,17)(H,18,19,20);/q;+1/p-1. The Hall–Kier alpha value is 0.380. The van der Waals surface area contributed by atoms with Gasteiger partial charge in [0, 0.05) is 5.92 Å². The van der Waals surface area contributed by atoms with Gasteiger partial charge in [0.2, 0.25) is 5.91 Å². The summed E-state index contributed by atoms with van der Waals surface area (Å²) in [6.45, 7) is 5.16. The first-order valence-electron chi connectivity index (χ1n) is 8.04. The monoisotopic (exact) mass is 343 g/mol. The van der Waals surface area contributed by atoms with Crippen LogP contribution in [0.1, 0.15) is 78.6 Å². The average molecular weight is 343 g/mol. The van der Waals surface area contributed by atoms with Gasteiger partial charge >= 0.3 is 29.6 Å². The van der Waals surface area contributed by atoms with Crippen LogP contribution in [0.2, 0.25) is 0 Å². The molecule has 0 radical (unpaired) electrons. The molecule has 0 aromatic rings. The first-order chi connectivity index (χ1) is 9.79. The third kappa shape index (κ3) is 12.9. The maximum Gasteiger partial charge on any atom is 1.00 e. The van der Waals surface area contributed by atoms with Gasteiger partial charge in [-0.3, -0.25) is 4.79 Å².